The predicted octanol–water partition coefficient (Wildman–Crippen LogP) is 5.88. The molecule has 37 heavy (non-hydrogen) atoms. The van der Waals surface area contributed by atoms with Gasteiger partial charge in [-0.1, -0.05) is 23.7 Å². The summed E-state index contributed by atoms with van der Waals surface area (Å²) in [6.45, 7) is 0.596. The van der Waals surface area contributed by atoms with Gasteiger partial charge in [-0.3, -0.25) is 19.2 Å². The third-order valence-electron chi connectivity index (χ3n) is 6.48. The quantitative estimate of drug-likeness (QED) is 0.316. The molecule has 5 rings (SSSR count). The van der Waals surface area contributed by atoms with E-state index in [0.29, 0.717) is 29.6 Å². The molecule has 2 aliphatic heterocycles. The molecule has 2 aliphatic rings. The van der Waals surface area contributed by atoms with Crippen molar-refractivity contribution >= 4 is 51.5 Å². The molecule has 3 heterocycles. The smallest absolute Gasteiger partial charge is 0.316 e. The summed E-state index contributed by atoms with van der Waals surface area (Å²) in [4.78, 5) is 26.5. The maximum atomic E-state index is 15.1. The van der Waals surface area contributed by atoms with Gasteiger partial charge in [0.2, 0.25) is 0 Å². The van der Waals surface area contributed by atoms with Crippen LogP contribution in [0.3, 0.4) is 0 Å². The number of rotatable bonds is 5. The number of nitrogens with one attached hydrogen (secondary N) is 1. The van der Waals surface area contributed by atoms with Crippen LogP contribution in [0.2, 0.25) is 5.02 Å². The molecule has 2 amide bonds. The van der Waals surface area contributed by atoms with Gasteiger partial charge in [-0.15, -0.1) is 0 Å². The number of alkyl halides is 4. The Hall–Kier alpha value is -2.89. The lowest BCUT2D eigenvalue weighted by atomic mass is 9.94. The van der Waals surface area contributed by atoms with Crippen LogP contribution in [0.15, 0.2) is 47.5 Å². The minimum absolute atomic E-state index is 0.00659. The van der Waals surface area contributed by atoms with Crippen LogP contribution in [0.4, 0.5) is 22.4 Å². The molecule has 2 fully saturated rings. The zero-order valence-corrected chi connectivity index (χ0v) is 20.9. The molecule has 0 radical (unpaired) electrons. The number of nitrogens with zero attached hydrogens (tertiary/aromatic N) is 3. The summed E-state index contributed by atoms with van der Waals surface area (Å²) >= 11 is 6.53. The highest BCUT2D eigenvalue weighted by atomic mass is 35.5. The largest absolute Gasteiger partial charge is 0.416 e. The normalized spacial score (nSPS) is 19.4. The zero-order chi connectivity index (χ0) is 26.4. The highest BCUT2D eigenvalue weighted by Crippen LogP contribution is 2.37. The van der Waals surface area contributed by atoms with E-state index in [-0.39, 0.29) is 41.4 Å². The topological polar surface area (TPSA) is 67.2 Å². The van der Waals surface area contributed by atoms with Crippen LogP contribution in [0.25, 0.3) is 17.0 Å². The van der Waals surface area contributed by atoms with E-state index in [0.717, 1.165) is 22.7 Å². The van der Waals surface area contributed by atoms with Gasteiger partial charge in [-0.2, -0.15) is 18.3 Å². The summed E-state index contributed by atoms with van der Waals surface area (Å²) in [6, 6.07) is 8.72. The first-order valence-electron chi connectivity index (χ1n) is 11.5. The molecular weight excluding hydrogens is 532 g/mol. The van der Waals surface area contributed by atoms with Crippen molar-refractivity contribution < 1.29 is 27.2 Å². The number of piperidine rings is 1. The van der Waals surface area contributed by atoms with Crippen LogP contribution >= 0.6 is 23.4 Å². The number of amides is 2. The van der Waals surface area contributed by atoms with Crippen molar-refractivity contribution in [2.75, 3.05) is 19.6 Å². The molecular formula is C25H21ClF4N4O2S. The fraction of sp³-hybridized carbons (Fsp3) is 0.320. The van der Waals surface area contributed by atoms with Crippen LogP contribution in [0.1, 0.15) is 29.5 Å². The van der Waals surface area contributed by atoms with E-state index in [1.54, 1.807) is 24.3 Å². The number of halogens is 5. The zero-order valence-electron chi connectivity index (χ0n) is 19.3. The number of benzene rings is 2. The average Bonchev–Trinajstić information content (AvgIpc) is 3.35. The van der Waals surface area contributed by atoms with E-state index in [1.807, 2.05) is 0 Å². The Balaban J connectivity index is 1.37. The lowest BCUT2D eigenvalue weighted by molar-refractivity contribution is -0.138. The molecule has 0 aliphatic carbocycles. The highest BCUT2D eigenvalue weighted by molar-refractivity contribution is 8.18. The van der Waals surface area contributed by atoms with E-state index in [1.165, 1.54) is 23.0 Å². The van der Waals surface area contributed by atoms with Gasteiger partial charge in [-0.25, -0.2) is 4.39 Å². The Labute approximate surface area is 218 Å². The second-order valence-corrected chi connectivity index (χ2v) is 10.5. The number of hydrogen-bond acceptors (Lipinski definition) is 5. The first kappa shape index (κ1) is 25.7. The third kappa shape index (κ3) is 5.39. The first-order valence-corrected chi connectivity index (χ1v) is 12.7. The molecule has 12 heteroatoms. The van der Waals surface area contributed by atoms with E-state index >= 15 is 4.39 Å². The summed E-state index contributed by atoms with van der Waals surface area (Å²) in [5, 5.41) is 7.43. The van der Waals surface area contributed by atoms with Gasteiger partial charge in [-0.05, 0) is 79.2 Å². The minimum atomic E-state index is -4.56. The summed E-state index contributed by atoms with van der Waals surface area (Å²) in [7, 11) is 0. The van der Waals surface area contributed by atoms with Gasteiger partial charge in [0.1, 0.15) is 5.67 Å². The molecule has 0 bridgehead atoms. The molecule has 1 N–H and O–H groups in total. The number of aromatic nitrogens is 2. The summed E-state index contributed by atoms with van der Waals surface area (Å²) in [5.74, 6) is -0.538. The van der Waals surface area contributed by atoms with Crippen molar-refractivity contribution in [3.8, 4) is 0 Å². The molecule has 0 atom stereocenters. The molecule has 3 aromatic rings. The monoisotopic (exact) mass is 552 g/mol. The van der Waals surface area contributed by atoms with Crippen LogP contribution in [-0.4, -0.2) is 51.1 Å². The van der Waals surface area contributed by atoms with E-state index < -0.39 is 28.6 Å². The van der Waals surface area contributed by atoms with Crippen LogP contribution in [0.5, 0.6) is 0 Å². The number of hydrogen-bond donors (Lipinski definition) is 1. The van der Waals surface area contributed by atoms with Gasteiger partial charge in [0, 0.05) is 10.4 Å². The van der Waals surface area contributed by atoms with Crippen molar-refractivity contribution in [3.05, 3.63) is 69.2 Å². The number of carbonyl (C=O) groups excluding carboxylic acids is 2. The molecule has 2 aromatic carbocycles. The second-order valence-electron chi connectivity index (χ2n) is 9.09. The van der Waals surface area contributed by atoms with Crippen molar-refractivity contribution in [1.29, 1.82) is 0 Å². The van der Waals surface area contributed by atoms with Crippen molar-refractivity contribution in [1.82, 2.24) is 20.0 Å². The molecule has 194 valence electrons. The Morgan fingerprint density at radius 1 is 1.14 bits per heavy atom. The van der Waals surface area contributed by atoms with Gasteiger partial charge in [0.25, 0.3) is 11.1 Å². The maximum Gasteiger partial charge on any atom is 0.416 e. The van der Waals surface area contributed by atoms with Crippen LogP contribution < -0.4 is 5.32 Å². The number of imide groups is 1. The molecule has 6 nitrogen and oxygen atoms in total. The Morgan fingerprint density at radius 2 is 1.89 bits per heavy atom. The third-order valence-corrected chi connectivity index (χ3v) is 7.62. The summed E-state index contributed by atoms with van der Waals surface area (Å²) < 4.78 is 57.0. The fourth-order valence-corrected chi connectivity index (χ4v) is 5.55. The SMILES string of the molecule is O=C1SC(=Cc2ccc3c(cnn3Cc3ccc(Cl)cc3C(F)(F)F)c2)C(=O)N1CC1(F)CCNCC1. The number of carbonyl (C=O) groups is 2. The predicted molar refractivity (Wildman–Crippen MR) is 134 cm³/mol. The fourth-order valence-electron chi connectivity index (χ4n) is 4.54. The molecule has 0 spiro atoms. The second kappa shape index (κ2) is 9.77. The number of thioether (sulfide) groups is 1. The van der Waals surface area contributed by atoms with Crippen molar-refractivity contribution in [3.63, 3.8) is 0 Å². The molecule has 0 unspecified atom stereocenters. The average molecular weight is 553 g/mol. The molecule has 2 saturated heterocycles. The molecule has 0 saturated carbocycles. The van der Waals surface area contributed by atoms with Gasteiger partial charge in [0.05, 0.1) is 35.3 Å². The summed E-state index contributed by atoms with van der Waals surface area (Å²) in [6.07, 6.45) is -1.03. The van der Waals surface area contributed by atoms with Crippen LogP contribution in [0, 0.1) is 0 Å². The standard InChI is InChI=1S/C25H21ClF4N4O2S/c26-18-3-2-16(19(11-18)25(28,29)30)13-34-20-4-1-15(9-17(20)12-32-34)10-21-22(35)33(23(36)37-21)14-24(27)5-7-31-8-6-24/h1-4,9-12,31H,5-8,13-14H2. The summed E-state index contributed by atoms with van der Waals surface area (Å²) in [5.41, 5.74) is -1.19. The van der Waals surface area contributed by atoms with Crippen molar-refractivity contribution in [2.45, 2.75) is 31.2 Å². The molecule has 1 aromatic heterocycles. The first-order chi connectivity index (χ1) is 17.5. The number of fused-ring (bicyclic) bond motifs is 1. The van der Waals surface area contributed by atoms with E-state index in [4.69, 9.17) is 11.6 Å². The van der Waals surface area contributed by atoms with Gasteiger partial charge in [0.15, 0.2) is 0 Å². The van der Waals surface area contributed by atoms with E-state index in [2.05, 4.69) is 10.4 Å². The Bertz CT molecular complexity index is 1420. The van der Waals surface area contributed by atoms with Gasteiger partial charge < -0.3 is 5.32 Å². The lowest BCUT2D eigenvalue weighted by Gasteiger charge is -2.32. The van der Waals surface area contributed by atoms with Gasteiger partial charge >= 0.3 is 6.18 Å². The lowest BCUT2D eigenvalue weighted by Crippen LogP contribution is -2.48. The highest BCUT2D eigenvalue weighted by Gasteiger charge is 2.42. The Kier molecular flexibility index (Phi) is 6.80. The van der Waals surface area contributed by atoms with Crippen molar-refractivity contribution in [2.24, 2.45) is 0 Å². The van der Waals surface area contributed by atoms with E-state index in [9.17, 15) is 22.8 Å². The maximum absolute atomic E-state index is 15.1. The minimum Gasteiger partial charge on any atom is -0.316 e. The Morgan fingerprint density at radius 3 is 2.62 bits per heavy atom. The van der Waals surface area contributed by atoms with Crippen LogP contribution in [-0.2, 0) is 17.5 Å².